The summed E-state index contributed by atoms with van der Waals surface area (Å²) in [5.74, 6) is -0.0838. The van der Waals surface area contributed by atoms with E-state index in [4.69, 9.17) is 0 Å². The van der Waals surface area contributed by atoms with Crippen LogP contribution >= 0.6 is 0 Å². The summed E-state index contributed by atoms with van der Waals surface area (Å²) in [6.45, 7) is 4.02. The van der Waals surface area contributed by atoms with Gasteiger partial charge >= 0.3 is 0 Å². The zero-order valence-electron chi connectivity index (χ0n) is 14.4. The smallest absolute Gasteiger partial charge is 0.251 e. The largest absolute Gasteiger partial charge is 0.346 e. The summed E-state index contributed by atoms with van der Waals surface area (Å²) in [6, 6.07) is 14.9. The number of sulfonamides is 1. The van der Waals surface area contributed by atoms with Crippen molar-refractivity contribution in [2.45, 2.75) is 26.3 Å². The Morgan fingerprint density at radius 2 is 1.92 bits per heavy atom. The first-order valence-corrected chi connectivity index (χ1v) is 10.0. The van der Waals surface area contributed by atoms with E-state index in [1.54, 1.807) is 25.1 Å². The molecular formula is C19H22N2O3S. The summed E-state index contributed by atoms with van der Waals surface area (Å²) >= 11 is 0. The fourth-order valence-electron chi connectivity index (χ4n) is 3.06. The van der Waals surface area contributed by atoms with Gasteiger partial charge in [0.1, 0.15) is 0 Å². The van der Waals surface area contributed by atoms with Gasteiger partial charge in [0.15, 0.2) is 0 Å². The van der Waals surface area contributed by atoms with E-state index in [0.29, 0.717) is 24.2 Å². The Kier molecular flexibility index (Phi) is 4.81. The molecule has 1 aliphatic heterocycles. The van der Waals surface area contributed by atoms with Gasteiger partial charge in [-0.15, -0.1) is 0 Å². The van der Waals surface area contributed by atoms with Gasteiger partial charge in [-0.1, -0.05) is 30.3 Å². The monoisotopic (exact) mass is 358 g/mol. The molecule has 132 valence electrons. The topological polar surface area (TPSA) is 66.5 Å². The lowest BCUT2D eigenvalue weighted by atomic mass is 10.1. The van der Waals surface area contributed by atoms with Crippen molar-refractivity contribution in [2.24, 2.45) is 0 Å². The van der Waals surface area contributed by atoms with E-state index in [9.17, 15) is 13.2 Å². The summed E-state index contributed by atoms with van der Waals surface area (Å²) in [6.07, 6.45) is 0.629. The molecule has 1 amide bonds. The number of nitrogens with zero attached hydrogens (tertiary/aromatic N) is 1. The molecule has 0 radical (unpaired) electrons. The van der Waals surface area contributed by atoms with Crippen LogP contribution in [0.3, 0.4) is 0 Å². The van der Waals surface area contributed by atoms with Gasteiger partial charge in [0.2, 0.25) is 10.0 Å². The lowest BCUT2D eigenvalue weighted by Gasteiger charge is -2.19. The van der Waals surface area contributed by atoms with Crippen LogP contribution in [-0.2, 0) is 16.4 Å². The van der Waals surface area contributed by atoms with Crippen molar-refractivity contribution in [2.75, 3.05) is 16.6 Å². The molecule has 6 heteroatoms. The van der Waals surface area contributed by atoms with Crippen molar-refractivity contribution in [1.82, 2.24) is 5.32 Å². The van der Waals surface area contributed by atoms with Crippen LogP contribution in [0, 0.1) is 0 Å². The lowest BCUT2D eigenvalue weighted by molar-refractivity contribution is 0.0940. The van der Waals surface area contributed by atoms with Crippen LogP contribution in [0.2, 0.25) is 0 Å². The third kappa shape index (κ3) is 3.54. The van der Waals surface area contributed by atoms with Crippen molar-refractivity contribution >= 4 is 21.6 Å². The van der Waals surface area contributed by atoms with E-state index >= 15 is 0 Å². The van der Waals surface area contributed by atoms with Gasteiger partial charge in [0.25, 0.3) is 5.91 Å². The minimum atomic E-state index is -3.27. The van der Waals surface area contributed by atoms with Crippen molar-refractivity contribution in [3.8, 4) is 0 Å². The normalized spacial score (nSPS) is 14.9. The van der Waals surface area contributed by atoms with E-state index in [-0.39, 0.29) is 17.7 Å². The molecule has 0 fully saturated rings. The van der Waals surface area contributed by atoms with Crippen molar-refractivity contribution < 1.29 is 13.2 Å². The quantitative estimate of drug-likeness (QED) is 0.894. The molecule has 0 aromatic heterocycles. The Hall–Kier alpha value is -2.34. The minimum absolute atomic E-state index is 0.0727. The molecule has 3 rings (SSSR count). The minimum Gasteiger partial charge on any atom is -0.346 e. The van der Waals surface area contributed by atoms with Crippen LogP contribution in [0.4, 0.5) is 5.69 Å². The number of rotatable bonds is 5. The maximum atomic E-state index is 12.5. The molecule has 5 nitrogen and oxygen atoms in total. The van der Waals surface area contributed by atoms with Gasteiger partial charge in [0.05, 0.1) is 17.5 Å². The number of benzene rings is 2. The Labute approximate surface area is 148 Å². The third-order valence-corrected chi connectivity index (χ3v) is 6.32. The summed E-state index contributed by atoms with van der Waals surface area (Å²) in [5.41, 5.74) is 3.18. The van der Waals surface area contributed by atoms with Crippen LogP contribution in [-0.4, -0.2) is 26.6 Å². The highest BCUT2D eigenvalue weighted by Crippen LogP contribution is 2.31. The number of amides is 1. The van der Waals surface area contributed by atoms with Crippen molar-refractivity contribution in [3.05, 3.63) is 65.2 Å². The molecule has 0 unspecified atom stereocenters. The van der Waals surface area contributed by atoms with Crippen LogP contribution in [0.5, 0.6) is 0 Å². The number of carbonyl (C=O) groups is 1. The molecule has 0 saturated heterocycles. The van der Waals surface area contributed by atoms with E-state index in [2.05, 4.69) is 5.32 Å². The summed E-state index contributed by atoms with van der Waals surface area (Å²) in [5, 5.41) is 2.99. The maximum absolute atomic E-state index is 12.5. The second-order valence-electron chi connectivity index (χ2n) is 6.17. The number of hydrogen-bond acceptors (Lipinski definition) is 3. The Bertz CT molecular complexity index is 879. The Morgan fingerprint density at radius 1 is 1.20 bits per heavy atom. The highest BCUT2D eigenvalue weighted by Gasteiger charge is 2.28. The first kappa shape index (κ1) is 17.5. The molecule has 25 heavy (non-hydrogen) atoms. The molecule has 2 aromatic carbocycles. The Balaban J connectivity index is 1.78. The molecule has 0 spiro atoms. The Morgan fingerprint density at radius 3 is 2.60 bits per heavy atom. The van der Waals surface area contributed by atoms with Gasteiger partial charge in [0, 0.05) is 12.1 Å². The first-order valence-electron chi connectivity index (χ1n) is 8.41. The molecule has 2 aromatic rings. The summed E-state index contributed by atoms with van der Waals surface area (Å²) in [7, 11) is -3.27. The van der Waals surface area contributed by atoms with Gasteiger partial charge in [-0.2, -0.15) is 0 Å². The molecule has 1 N–H and O–H groups in total. The zero-order chi connectivity index (χ0) is 18.0. The zero-order valence-corrected chi connectivity index (χ0v) is 15.2. The van der Waals surface area contributed by atoms with Gasteiger partial charge in [-0.3, -0.25) is 9.10 Å². The predicted octanol–water partition coefficient (Wildman–Crippen LogP) is 2.89. The second kappa shape index (κ2) is 6.88. The molecule has 1 heterocycles. The molecule has 1 atom stereocenters. The highest BCUT2D eigenvalue weighted by atomic mass is 32.2. The highest BCUT2D eigenvalue weighted by molar-refractivity contribution is 7.92. The number of anilines is 1. The van der Waals surface area contributed by atoms with Crippen LogP contribution < -0.4 is 9.62 Å². The van der Waals surface area contributed by atoms with E-state index in [1.807, 2.05) is 37.3 Å². The molecule has 0 saturated carbocycles. The van der Waals surface area contributed by atoms with Gasteiger partial charge in [-0.25, -0.2) is 8.42 Å². The second-order valence-corrected chi connectivity index (χ2v) is 8.35. The van der Waals surface area contributed by atoms with Crippen LogP contribution in [0.25, 0.3) is 0 Å². The fraction of sp³-hybridized carbons (Fsp3) is 0.316. The summed E-state index contributed by atoms with van der Waals surface area (Å²) < 4.78 is 25.7. The molecule has 0 aliphatic carbocycles. The average Bonchev–Trinajstić information content (AvgIpc) is 3.06. The number of nitrogens with one attached hydrogen (secondary N) is 1. The standard InChI is InChI=1S/C19H22N2O3S/c1-3-25(23,24)21-12-11-16-13-17(9-10-18(16)21)19(22)20-14(2)15-7-5-4-6-8-15/h4-10,13-14H,3,11-12H2,1-2H3,(H,20,22)/t14-/m0/s1. The van der Waals surface area contributed by atoms with E-state index < -0.39 is 10.0 Å². The third-order valence-electron chi connectivity index (χ3n) is 4.54. The number of hydrogen-bond donors (Lipinski definition) is 1. The van der Waals surface area contributed by atoms with Crippen LogP contribution in [0.1, 0.15) is 41.4 Å². The van der Waals surface area contributed by atoms with Gasteiger partial charge < -0.3 is 5.32 Å². The summed E-state index contributed by atoms with van der Waals surface area (Å²) in [4.78, 5) is 12.5. The van der Waals surface area contributed by atoms with E-state index in [1.165, 1.54) is 4.31 Å². The van der Waals surface area contributed by atoms with Crippen LogP contribution in [0.15, 0.2) is 48.5 Å². The number of fused-ring (bicyclic) bond motifs is 1. The van der Waals surface area contributed by atoms with Crippen molar-refractivity contribution in [3.63, 3.8) is 0 Å². The SMILES string of the molecule is CCS(=O)(=O)N1CCc2cc(C(=O)N[C@@H](C)c3ccccc3)ccc21. The fourth-order valence-corrected chi connectivity index (χ4v) is 4.22. The number of carbonyl (C=O) groups excluding carboxylic acids is 1. The molecule has 0 bridgehead atoms. The lowest BCUT2D eigenvalue weighted by Crippen LogP contribution is -2.30. The van der Waals surface area contributed by atoms with E-state index in [0.717, 1.165) is 11.1 Å². The van der Waals surface area contributed by atoms with Crippen molar-refractivity contribution in [1.29, 1.82) is 0 Å². The maximum Gasteiger partial charge on any atom is 0.251 e. The first-order chi connectivity index (χ1) is 11.9. The van der Waals surface area contributed by atoms with Gasteiger partial charge in [-0.05, 0) is 49.6 Å². The molecular weight excluding hydrogens is 336 g/mol. The molecule has 1 aliphatic rings. The average molecular weight is 358 g/mol. The predicted molar refractivity (Wildman–Crippen MR) is 99.3 cm³/mol.